The maximum Gasteiger partial charge on any atom is 0.223 e. The standard InChI is InChI=1S/C15H24N4O2/c1-4-18(2)14-5-6-16-13(17-14)9-12-10-15(20)19(11-12)7-8-21-3/h5-6,12H,4,7-11H2,1-3H3/t12-/m0/s1. The number of anilines is 1. The van der Waals surface area contributed by atoms with Crippen molar-refractivity contribution < 1.29 is 9.53 Å². The minimum atomic E-state index is 0.207. The maximum absolute atomic E-state index is 11.9. The molecule has 6 nitrogen and oxygen atoms in total. The maximum atomic E-state index is 11.9. The van der Waals surface area contributed by atoms with E-state index in [2.05, 4.69) is 21.8 Å². The fourth-order valence-electron chi connectivity index (χ4n) is 2.53. The van der Waals surface area contributed by atoms with Gasteiger partial charge in [0.2, 0.25) is 5.91 Å². The average Bonchev–Trinajstić information content (AvgIpc) is 2.84. The first-order chi connectivity index (χ1) is 10.1. The van der Waals surface area contributed by atoms with Crippen LogP contribution in [-0.2, 0) is 16.0 Å². The van der Waals surface area contributed by atoms with Crippen molar-refractivity contribution in [3.8, 4) is 0 Å². The van der Waals surface area contributed by atoms with Crippen molar-refractivity contribution in [2.75, 3.05) is 45.3 Å². The van der Waals surface area contributed by atoms with E-state index in [4.69, 9.17) is 4.74 Å². The third-order valence-electron chi connectivity index (χ3n) is 3.89. The molecule has 0 radical (unpaired) electrons. The normalized spacial score (nSPS) is 18.3. The van der Waals surface area contributed by atoms with E-state index < -0.39 is 0 Å². The van der Waals surface area contributed by atoms with Gasteiger partial charge in [-0.2, -0.15) is 0 Å². The van der Waals surface area contributed by atoms with Gasteiger partial charge in [0.1, 0.15) is 11.6 Å². The van der Waals surface area contributed by atoms with Crippen LogP contribution in [0.25, 0.3) is 0 Å². The average molecular weight is 292 g/mol. The zero-order valence-electron chi connectivity index (χ0n) is 13.1. The van der Waals surface area contributed by atoms with E-state index in [1.54, 1.807) is 13.3 Å². The zero-order valence-corrected chi connectivity index (χ0v) is 13.1. The number of carbonyl (C=O) groups excluding carboxylic acids is 1. The highest BCUT2D eigenvalue weighted by molar-refractivity contribution is 5.78. The number of hydrogen-bond acceptors (Lipinski definition) is 5. The summed E-state index contributed by atoms with van der Waals surface area (Å²) in [6, 6.07) is 1.91. The molecular formula is C15H24N4O2. The summed E-state index contributed by atoms with van der Waals surface area (Å²) in [7, 11) is 3.67. The Labute approximate surface area is 126 Å². The number of rotatable bonds is 7. The predicted octanol–water partition coefficient (Wildman–Crippen LogP) is 0.970. The van der Waals surface area contributed by atoms with Crippen LogP contribution >= 0.6 is 0 Å². The molecule has 6 heteroatoms. The zero-order chi connectivity index (χ0) is 15.2. The number of methoxy groups -OCH3 is 1. The van der Waals surface area contributed by atoms with E-state index in [0.717, 1.165) is 31.2 Å². The van der Waals surface area contributed by atoms with E-state index in [1.165, 1.54) is 0 Å². The minimum absolute atomic E-state index is 0.207. The highest BCUT2D eigenvalue weighted by Gasteiger charge is 2.29. The van der Waals surface area contributed by atoms with Crippen LogP contribution in [0.15, 0.2) is 12.3 Å². The molecule has 1 aliphatic rings. The molecule has 0 spiro atoms. The first-order valence-corrected chi connectivity index (χ1v) is 7.43. The van der Waals surface area contributed by atoms with Crippen LogP contribution in [0.5, 0.6) is 0 Å². The summed E-state index contributed by atoms with van der Waals surface area (Å²) in [4.78, 5) is 24.8. The molecule has 1 atom stereocenters. The number of aromatic nitrogens is 2. The van der Waals surface area contributed by atoms with Crippen LogP contribution in [0.3, 0.4) is 0 Å². The highest BCUT2D eigenvalue weighted by Crippen LogP contribution is 2.21. The number of likely N-dealkylation sites (tertiary alicyclic amines) is 1. The Morgan fingerprint density at radius 1 is 1.52 bits per heavy atom. The van der Waals surface area contributed by atoms with E-state index >= 15 is 0 Å². The van der Waals surface area contributed by atoms with Crippen LogP contribution in [0.4, 0.5) is 5.82 Å². The van der Waals surface area contributed by atoms with Gasteiger partial charge in [-0.25, -0.2) is 9.97 Å². The van der Waals surface area contributed by atoms with Gasteiger partial charge < -0.3 is 14.5 Å². The summed E-state index contributed by atoms with van der Waals surface area (Å²) in [6.45, 7) is 5.03. The van der Waals surface area contributed by atoms with Crippen LogP contribution in [0.1, 0.15) is 19.2 Å². The second-order valence-corrected chi connectivity index (χ2v) is 5.45. The SMILES string of the molecule is CCN(C)c1ccnc(C[C@H]2CC(=O)N(CCOC)C2)n1. The quantitative estimate of drug-likeness (QED) is 0.749. The molecular weight excluding hydrogens is 268 g/mol. The Kier molecular flexibility index (Phi) is 5.50. The van der Waals surface area contributed by atoms with Gasteiger partial charge in [-0.05, 0) is 18.9 Å². The largest absolute Gasteiger partial charge is 0.383 e. The fourth-order valence-corrected chi connectivity index (χ4v) is 2.53. The Hall–Kier alpha value is -1.69. The summed E-state index contributed by atoms with van der Waals surface area (Å²) in [5.74, 6) is 2.26. The lowest BCUT2D eigenvalue weighted by molar-refractivity contribution is -0.128. The lowest BCUT2D eigenvalue weighted by Gasteiger charge is -2.17. The smallest absolute Gasteiger partial charge is 0.223 e. The summed E-state index contributed by atoms with van der Waals surface area (Å²) in [6.07, 6.45) is 3.13. The van der Waals surface area contributed by atoms with Gasteiger partial charge in [-0.1, -0.05) is 0 Å². The van der Waals surface area contributed by atoms with Crippen LogP contribution in [0.2, 0.25) is 0 Å². The molecule has 2 rings (SSSR count). The first kappa shape index (κ1) is 15.7. The van der Waals surface area contributed by atoms with Crippen molar-refractivity contribution in [1.29, 1.82) is 0 Å². The number of hydrogen-bond donors (Lipinski definition) is 0. The monoisotopic (exact) mass is 292 g/mol. The fraction of sp³-hybridized carbons (Fsp3) is 0.667. The molecule has 1 aliphatic heterocycles. The lowest BCUT2D eigenvalue weighted by Crippen LogP contribution is -2.29. The molecule has 1 saturated heterocycles. The molecule has 0 bridgehead atoms. The molecule has 1 aromatic rings. The topological polar surface area (TPSA) is 58.6 Å². The third-order valence-corrected chi connectivity index (χ3v) is 3.89. The summed E-state index contributed by atoms with van der Waals surface area (Å²) in [5, 5.41) is 0. The summed E-state index contributed by atoms with van der Waals surface area (Å²) < 4.78 is 5.04. The third kappa shape index (κ3) is 4.14. The number of nitrogens with zero attached hydrogens (tertiary/aromatic N) is 4. The molecule has 21 heavy (non-hydrogen) atoms. The first-order valence-electron chi connectivity index (χ1n) is 7.43. The van der Waals surface area contributed by atoms with Crippen molar-refractivity contribution in [2.24, 2.45) is 5.92 Å². The molecule has 0 saturated carbocycles. The van der Waals surface area contributed by atoms with Crippen LogP contribution < -0.4 is 4.90 Å². The van der Waals surface area contributed by atoms with Crippen molar-refractivity contribution in [1.82, 2.24) is 14.9 Å². The molecule has 0 unspecified atom stereocenters. The van der Waals surface area contributed by atoms with Gasteiger partial charge in [-0.3, -0.25) is 4.79 Å². The van der Waals surface area contributed by atoms with Crippen LogP contribution in [0, 0.1) is 5.92 Å². The Morgan fingerprint density at radius 3 is 3.05 bits per heavy atom. The highest BCUT2D eigenvalue weighted by atomic mass is 16.5. The Balaban J connectivity index is 1.95. The summed E-state index contributed by atoms with van der Waals surface area (Å²) >= 11 is 0. The van der Waals surface area contributed by atoms with Crippen molar-refractivity contribution in [2.45, 2.75) is 19.8 Å². The second kappa shape index (κ2) is 7.36. The molecule has 116 valence electrons. The van der Waals surface area contributed by atoms with Crippen LogP contribution in [-0.4, -0.2) is 61.2 Å². The lowest BCUT2D eigenvalue weighted by atomic mass is 10.0. The number of carbonyl (C=O) groups is 1. The Bertz CT molecular complexity index is 480. The molecule has 1 amide bonds. The number of amides is 1. The van der Waals surface area contributed by atoms with Crippen molar-refractivity contribution >= 4 is 11.7 Å². The predicted molar refractivity (Wildman–Crippen MR) is 81.2 cm³/mol. The number of ether oxygens (including phenoxy) is 1. The van der Waals surface area contributed by atoms with Gasteiger partial charge in [0.05, 0.1) is 6.61 Å². The van der Waals surface area contributed by atoms with Crippen molar-refractivity contribution in [3.05, 3.63) is 18.1 Å². The van der Waals surface area contributed by atoms with E-state index in [0.29, 0.717) is 25.5 Å². The molecule has 1 fully saturated rings. The molecule has 1 aromatic heterocycles. The molecule has 0 N–H and O–H groups in total. The molecule has 0 aliphatic carbocycles. The Morgan fingerprint density at radius 2 is 2.33 bits per heavy atom. The van der Waals surface area contributed by atoms with E-state index in [1.807, 2.05) is 18.0 Å². The van der Waals surface area contributed by atoms with E-state index in [-0.39, 0.29) is 5.91 Å². The van der Waals surface area contributed by atoms with Gasteiger partial charge in [0, 0.05) is 52.8 Å². The van der Waals surface area contributed by atoms with Crippen molar-refractivity contribution in [3.63, 3.8) is 0 Å². The molecule has 2 heterocycles. The minimum Gasteiger partial charge on any atom is -0.383 e. The van der Waals surface area contributed by atoms with E-state index in [9.17, 15) is 4.79 Å². The molecule has 0 aromatic carbocycles. The summed E-state index contributed by atoms with van der Waals surface area (Å²) in [5.41, 5.74) is 0. The van der Waals surface area contributed by atoms with Gasteiger partial charge in [0.15, 0.2) is 0 Å². The second-order valence-electron chi connectivity index (χ2n) is 5.45. The van der Waals surface area contributed by atoms with Gasteiger partial charge in [-0.15, -0.1) is 0 Å². The van der Waals surface area contributed by atoms with Gasteiger partial charge in [0.25, 0.3) is 0 Å². The van der Waals surface area contributed by atoms with Gasteiger partial charge >= 0.3 is 0 Å².